The van der Waals surface area contributed by atoms with Crippen molar-refractivity contribution >= 4 is 17.5 Å². The van der Waals surface area contributed by atoms with Crippen LogP contribution in [0.2, 0.25) is 0 Å². The van der Waals surface area contributed by atoms with E-state index in [-0.39, 0.29) is 24.4 Å². The second-order valence-electron chi connectivity index (χ2n) is 8.14. The third kappa shape index (κ3) is 6.47. The van der Waals surface area contributed by atoms with Crippen LogP contribution in [0.25, 0.3) is 0 Å². The topological polar surface area (TPSA) is 71.1 Å². The Bertz CT molecular complexity index is 900. The molecule has 1 heterocycles. The summed E-state index contributed by atoms with van der Waals surface area (Å²) in [4.78, 5) is 29.1. The lowest BCUT2D eigenvalue weighted by molar-refractivity contribution is -0.134. The molecule has 172 valence electrons. The smallest absolute Gasteiger partial charge is 0.243 e. The standard InChI is InChI=1S/C25H33N3O4/c1-27(17-24(29)26-20-8-7-9-22(16-20)32-3)25(30)18-28-15-6-4-5-10-23(28)19-11-13-21(31-2)14-12-19/h7-9,11-14,16,23H,4-6,10,15,17-18H2,1-3H3,(H,26,29). The molecule has 2 amide bonds. The summed E-state index contributed by atoms with van der Waals surface area (Å²) < 4.78 is 10.5. The summed E-state index contributed by atoms with van der Waals surface area (Å²) in [6.07, 6.45) is 4.38. The van der Waals surface area contributed by atoms with Crippen LogP contribution in [0.15, 0.2) is 48.5 Å². The minimum atomic E-state index is -0.239. The van der Waals surface area contributed by atoms with E-state index >= 15 is 0 Å². The number of carbonyl (C=O) groups is 2. The van der Waals surface area contributed by atoms with Gasteiger partial charge in [0.05, 0.1) is 27.3 Å². The van der Waals surface area contributed by atoms with Crippen LogP contribution in [0.1, 0.15) is 37.3 Å². The minimum Gasteiger partial charge on any atom is -0.497 e. The van der Waals surface area contributed by atoms with Crippen molar-refractivity contribution in [2.75, 3.05) is 46.2 Å². The number of hydrogen-bond donors (Lipinski definition) is 1. The van der Waals surface area contributed by atoms with E-state index in [9.17, 15) is 9.59 Å². The lowest BCUT2D eigenvalue weighted by atomic mass is 10.0. The maximum Gasteiger partial charge on any atom is 0.243 e. The van der Waals surface area contributed by atoms with E-state index in [2.05, 4.69) is 22.3 Å². The Kier molecular flexibility index (Phi) is 8.50. The van der Waals surface area contributed by atoms with Gasteiger partial charge in [-0.3, -0.25) is 14.5 Å². The molecule has 1 unspecified atom stereocenters. The summed E-state index contributed by atoms with van der Waals surface area (Å²) >= 11 is 0. The molecule has 1 atom stereocenters. The van der Waals surface area contributed by atoms with E-state index < -0.39 is 0 Å². The van der Waals surface area contributed by atoms with Crippen molar-refractivity contribution in [2.24, 2.45) is 0 Å². The highest BCUT2D eigenvalue weighted by Gasteiger charge is 2.26. The highest BCUT2D eigenvalue weighted by atomic mass is 16.5. The zero-order valence-electron chi connectivity index (χ0n) is 19.2. The predicted octanol–water partition coefficient (Wildman–Crippen LogP) is 3.72. The summed E-state index contributed by atoms with van der Waals surface area (Å²) in [5.74, 6) is 1.19. The van der Waals surface area contributed by atoms with Crippen LogP contribution in [0.3, 0.4) is 0 Å². The highest BCUT2D eigenvalue weighted by molar-refractivity contribution is 5.94. The number of anilines is 1. The fourth-order valence-corrected chi connectivity index (χ4v) is 4.06. The molecule has 1 aliphatic heterocycles. The van der Waals surface area contributed by atoms with Gasteiger partial charge >= 0.3 is 0 Å². The van der Waals surface area contributed by atoms with Crippen molar-refractivity contribution in [1.29, 1.82) is 0 Å². The van der Waals surface area contributed by atoms with E-state index in [1.807, 2.05) is 24.3 Å². The van der Waals surface area contributed by atoms with Gasteiger partial charge in [-0.25, -0.2) is 0 Å². The number of amides is 2. The lowest BCUT2D eigenvalue weighted by Crippen LogP contribution is -2.42. The van der Waals surface area contributed by atoms with Gasteiger partial charge in [-0.1, -0.05) is 31.0 Å². The van der Waals surface area contributed by atoms with Gasteiger partial charge in [-0.15, -0.1) is 0 Å². The molecule has 0 radical (unpaired) electrons. The first kappa shape index (κ1) is 23.6. The SMILES string of the molecule is COc1ccc(C2CCCCCN2CC(=O)N(C)CC(=O)Nc2cccc(OC)c2)cc1. The first-order valence-electron chi connectivity index (χ1n) is 11.1. The fraction of sp³-hybridized carbons (Fsp3) is 0.440. The molecule has 0 saturated carbocycles. The van der Waals surface area contributed by atoms with Crippen LogP contribution in [-0.4, -0.2) is 62.5 Å². The molecule has 0 aromatic heterocycles. The summed E-state index contributed by atoms with van der Waals surface area (Å²) in [6.45, 7) is 1.16. The Hall–Kier alpha value is -3.06. The molecule has 1 aliphatic rings. The van der Waals surface area contributed by atoms with Crippen LogP contribution in [-0.2, 0) is 9.59 Å². The fourth-order valence-electron chi connectivity index (χ4n) is 4.06. The minimum absolute atomic E-state index is 0.00289. The van der Waals surface area contributed by atoms with Crippen LogP contribution in [0.5, 0.6) is 11.5 Å². The molecule has 3 rings (SSSR count). The van der Waals surface area contributed by atoms with Crippen molar-refractivity contribution in [2.45, 2.75) is 31.7 Å². The van der Waals surface area contributed by atoms with Crippen LogP contribution < -0.4 is 14.8 Å². The second-order valence-corrected chi connectivity index (χ2v) is 8.14. The molecule has 2 aromatic carbocycles. The van der Waals surface area contributed by atoms with E-state index in [1.54, 1.807) is 33.4 Å². The van der Waals surface area contributed by atoms with Crippen molar-refractivity contribution in [3.63, 3.8) is 0 Å². The van der Waals surface area contributed by atoms with Crippen LogP contribution in [0, 0.1) is 0 Å². The molecule has 0 spiro atoms. The third-order valence-electron chi connectivity index (χ3n) is 5.86. The highest BCUT2D eigenvalue weighted by Crippen LogP contribution is 2.31. The number of benzene rings is 2. The van der Waals surface area contributed by atoms with E-state index in [4.69, 9.17) is 9.47 Å². The van der Waals surface area contributed by atoms with Gasteiger partial charge in [-0.05, 0) is 49.2 Å². The number of likely N-dealkylation sites (tertiary alicyclic amines) is 1. The molecule has 2 aromatic rings. The Labute approximate surface area is 190 Å². The first-order chi connectivity index (χ1) is 15.5. The molecule has 1 saturated heterocycles. The second kappa shape index (κ2) is 11.5. The Balaban J connectivity index is 1.60. The quantitative estimate of drug-likeness (QED) is 0.679. The number of nitrogens with zero attached hydrogens (tertiary/aromatic N) is 2. The monoisotopic (exact) mass is 439 g/mol. The number of rotatable bonds is 8. The lowest BCUT2D eigenvalue weighted by Gasteiger charge is -2.31. The Morgan fingerprint density at radius 3 is 2.50 bits per heavy atom. The largest absolute Gasteiger partial charge is 0.497 e. The molecular formula is C25H33N3O4. The predicted molar refractivity (Wildman–Crippen MR) is 125 cm³/mol. The first-order valence-corrected chi connectivity index (χ1v) is 11.1. The number of nitrogens with one attached hydrogen (secondary N) is 1. The van der Waals surface area contributed by atoms with Gasteiger partial charge in [-0.2, -0.15) is 0 Å². The normalized spacial score (nSPS) is 16.7. The average molecular weight is 440 g/mol. The molecule has 0 bridgehead atoms. The van der Waals surface area contributed by atoms with Gasteiger partial charge < -0.3 is 19.7 Å². The van der Waals surface area contributed by atoms with Crippen LogP contribution in [0.4, 0.5) is 5.69 Å². The van der Waals surface area contributed by atoms with Crippen molar-refractivity contribution in [1.82, 2.24) is 9.80 Å². The van der Waals surface area contributed by atoms with Crippen molar-refractivity contribution in [3.05, 3.63) is 54.1 Å². The summed E-state index contributed by atoms with van der Waals surface area (Å²) in [5.41, 5.74) is 1.83. The summed E-state index contributed by atoms with van der Waals surface area (Å²) in [7, 11) is 4.91. The Morgan fingerprint density at radius 2 is 1.78 bits per heavy atom. The Morgan fingerprint density at radius 1 is 1.03 bits per heavy atom. The number of carbonyl (C=O) groups excluding carboxylic acids is 2. The van der Waals surface area contributed by atoms with Gasteiger partial charge in [0.1, 0.15) is 11.5 Å². The number of methoxy groups -OCH3 is 2. The van der Waals surface area contributed by atoms with Crippen molar-refractivity contribution in [3.8, 4) is 11.5 Å². The van der Waals surface area contributed by atoms with E-state index in [0.29, 0.717) is 18.0 Å². The molecule has 1 fully saturated rings. The van der Waals surface area contributed by atoms with Gasteiger partial charge in [0.25, 0.3) is 0 Å². The van der Waals surface area contributed by atoms with Crippen LogP contribution >= 0.6 is 0 Å². The van der Waals surface area contributed by atoms with Gasteiger partial charge in [0.2, 0.25) is 11.8 Å². The molecule has 32 heavy (non-hydrogen) atoms. The van der Waals surface area contributed by atoms with E-state index in [1.165, 1.54) is 10.5 Å². The van der Waals surface area contributed by atoms with Crippen molar-refractivity contribution < 1.29 is 19.1 Å². The molecule has 0 aliphatic carbocycles. The molecule has 1 N–H and O–H groups in total. The molecule has 7 nitrogen and oxygen atoms in total. The van der Waals surface area contributed by atoms with Gasteiger partial charge in [0.15, 0.2) is 0 Å². The van der Waals surface area contributed by atoms with Gasteiger partial charge in [0, 0.05) is 24.8 Å². The summed E-state index contributed by atoms with van der Waals surface area (Å²) in [5, 5.41) is 2.82. The third-order valence-corrected chi connectivity index (χ3v) is 5.86. The van der Waals surface area contributed by atoms with E-state index in [0.717, 1.165) is 38.0 Å². The maximum atomic E-state index is 13.0. The molecule has 7 heteroatoms. The molecular weight excluding hydrogens is 406 g/mol. The number of hydrogen-bond acceptors (Lipinski definition) is 5. The number of ether oxygens (including phenoxy) is 2. The number of likely N-dealkylation sites (N-methyl/N-ethyl adjacent to an activating group) is 1. The zero-order chi connectivity index (χ0) is 22.9. The summed E-state index contributed by atoms with van der Waals surface area (Å²) in [6, 6.07) is 15.4. The average Bonchev–Trinajstić information content (AvgIpc) is 3.04. The zero-order valence-corrected chi connectivity index (χ0v) is 19.2. The maximum absolute atomic E-state index is 13.0.